The number of aromatic nitrogens is 2. The van der Waals surface area contributed by atoms with Gasteiger partial charge < -0.3 is 23.5 Å². The van der Waals surface area contributed by atoms with E-state index in [0.29, 0.717) is 35.3 Å². The van der Waals surface area contributed by atoms with Crippen molar-refractivity contribution in [1.29, 1.82) is 0 Å². The van der Waals surface area contributed by atoms with Crippen LogP contribution >= 0.6 is 11.6 Å². The molecule has 1 amide bonds. The second-order valence-electron chi connectivity index (χ2n) is 16.6. The smallest absolute Gasteiger partial charge is 0.411 e. The number of piperazine rings is 1. The van der Waals surface area contributed by atoms with Crippen LogP contribution in [0.2, 0.25) is 10.2 Å². The van der Waals surface area contributed by atoms with Crippen LogP contribution in [0, 0.1) is 12.7 Å². The standard InChI is InChI=1S/C41H48ClFN4O6Si/c1-24-28(22-51-54(40(6,7)8,26-16-12-10-13-17-26)27-18-14-11-15-19-27)30-31-35(44-24)46-23-41(37(48)50-9)21-20-29(47(41)38(49)53-39(3,4)5)33(46)25(2)52-36(31)45-34(42)32(30)43/h10-19,25,29,33H,20-23H2,1-9H3/t25?,29-,33+,41+/m0/s1. The van der Waals surface area contributed by atoms with E-state index in [0.717, 1.165) is 10.4 Å². The Bertz CT molecular complexity index is 2070. The van der Waals surface area contributed by atoms with Crippen molar-refractivity contribution in [3.63, 3.8) is 0 Å². The lowest BCUT2D eigenvalue weighted by Gasteiger charge is -2.52. The van der Waals surface area contributed by atoms with Crippen LogP contribution in [0.5, 0.6) is 5.88 Å². The number of nitrogens with zero attached hydrogens (tertiary/aromatic N) is 4. The van der Waals surface area contributed by atoms with E-state index in [4.69, 9.17) is 35.2 Å². The molecule has 4 aromatic rings. The normalized spacial score (nSPS) is 22.4. The second kappa shape index (κ2) is 13.5. The Kier molecular flexibility index (Phi) is 9.50. The van der Waals surface area contributed by atoms with Crippen LogP contribution in [0.4, 0.5) is 15.0 Å². The molecule has 7 rings (SSSR count). The van der Waals surface area contributed by atoms with Gasteiger partial charge in [-0.1, -0.05) is 93.0 Å². The van der Waals surface area contributed by atoms with Crippen molar-refractivity contribution < 1.29 is 32.6 Å². The number of ether oxygens (including phenoxy) is 3. The first kappa shape index (κ1) is 38.0. The Labute approximate surface area is 322 Å². The molecule has 4 atom stereocenters. The minimum atomic E-state index is -3.06. The number of hydrogen-bond donors (Lipinski definition) is 0. The number of anilines is 1. The van der Waals surface area contributed by atoms with Crippen molar-refractivity contribution in [1.82, 2.24) is 14.9 Å². The molecule has 2 bridgehead atoms. The summed E-state index contributed by atoms with van der Waals surface area (Å²) in [6.45, 7) is 15.7. The Balaban J connectivity index is 1.41. The van der Waals surface area contributed by atoms with Gasteiger partial charge in [0, 0.05) is 16.6 Å². The van der Waals surface area contributed by atoms with Gasteiger partial charge in [0.1, 0.15) is 17.5 Å². The monoisotopic (exact) mass is 774 g/mol. The highest BCUT2D eigenvalue weighted by molar-refractivity contribution is 6.99. The summed E-state index contributed by atoms with van der Waals surface area (Å²) in [6, 6.07) is 19.5. The van der Waals surface area contributed by atoms with Gasteiger partial charge in [-0.05, 0) is 62.9 Å². The minimum absolute atomic E-state index is 0.0247. The average Bonchev–Trinajstić information content (AvgIpc) is 3.34. The maximum Gasteiger partial charge on any atom is 0.411 e. The first-order valence-corrected chi connectivity index (χ1v) is 20.7. The van der Waals surface area contributed by atoms with E-state index in [-0.39, 0.29) is 34.6 Å². The van der Waals surface area contributed by atoms with Crippen molar-refractivity contribution in [2.45, 2.75) is 109 Å². The fourth-order valence-electron chi connectivity index (χ4n) is 9.01. The minimum Gasteiger partial charge on any atom is -0.472 e. The Morgan fingerprint density at radius 1 is 1.00 bits per heavy atom. The number of amides is 1. The molecule has 10 nitrogen and oxygen atoms in total. The maximum absolute atomic E-state index is 16.8. The molecular formula is C41H48ClFN4O6Si. The molecule has 13 heteroatoms. The molecule has 0 radical (unpaired) electrons. The first-order chi connectivity index (χ1) is 25.4. The van der Waals surface area contributed by atoms with Crippen LogP contribution in [-0.2, 0) is 25.3 Å². The van der Waals surface area contributed by atoms with Gasteiger partial charge in [-0.15, -0.1) is 0 Å². The van der Waals surface area contributed by atoms with Gasteiger partial charge in [-0.2, -0.15) is 4.98 Å². The number of fused-ring (bicyclic) bond motifs is 5. The van der Waals surface area contributed by atoms with Crippen molar-refractivity contribution in [3.05, 3.63) is 82.9 Å². The molecular weight excluding hydrogens is 727 g/mol. The summed E-state index contributed by atoms with van der Waals surface area (Å²) in [5, 5.41) is 2.03. The molecule has 2 fully saturated rings. The number of esters is 1. The molecule has 5 heterocycles. The number of pyridine rings is 2. The third-order valence-corrected chi connectivity index (χ3v) is 16.4. The molecule has 3 aliphatic heterocycles. The van der Waals surface area contributed by atoms with Crippen molar-refractivity contribution >= 4 is 58.9 Å². The highest BCUT2D eigenvalue weighted by Gasteiger charge is 2.65. The maximum atomic E-state index is 16.8. The number of carbonyl (C=O) groups is 2. The van der Waals surface area contributed by atoms with E-state index in [9.17, 15) is 9.59 Å². The van der Waals surface area contributed by atoms with E-state index in [2.05, 4.69) is 50.0 Å². The molecule has 1 unspecified atom stereocenters. The van der Waals surface area contributed by atoms with Crippen LogP contribution in [0.1, 0.15) is 72.6 Å². The lowest BCUT2D eigenvalue weighted by Crippen LogP contribution is -2.72. The summed E-state index contributed by atoms with van der Waals surface area (Å²) >= 11 is 6.59. The molecule has 2 aromatic carbocycles. The Hall–Kier alpha value is -4.26. The highest BCUT2D eigenvalue weighted by atomic mass is 35.5. The number of carbonyl (C=O) groups excluding carboxylic acids is 2. The quantitative estimate of drug-likeness (QED) is 0.116. The average molecular weight is 775 g/mol. The molecule has 0 saturated carbocycles. The van der Waals surface area contributed by atoms with Crippen LogP contribution in [0.15, 0.2) is 60.7 Å². The zero-order chi connectivity index (χ0) is 39.0. The number of hydrogen-bond acceptors (Lipinski definition) is 9. The van der Waals surface area contributed by atoms with Crippen molar-refractivity contribution in [2.24, 2.45) is 0 Å². The van der Waals surface area contributed by atoms with E-state index >= 15 is 4.39 Å². The topological polar surface area (TPSA) is 103 Å². The summed E-state index contributed by atoms with van der Waals surface area (Å²) in [5.41, 5.74) is -1.13. The number of halogens is 2. The molecule has 0 N–H and O–H groups in total. The van der Waals surface area contributed by atoms with E-state index in [1.165, 1.54) is 12.0 Å². The van der Waals surface area contributed by atoms with Gasteiger partial charge >= 0.3 is 12.1 Å². The predicted octanol–water partition coefficient (Wildman–Crippen LogP) is 7.09. The van der Waals surface area contributed by atoms with E-state index < -0.39 is 55.5 Å². The summed E-state index contributed by atoms with van der Waals surface area (Å²) in [4.78, 5) is 40.9. The molecule has 54 heavy (non-hydrogen) atoms. The van der Waals surface area contributed by atoms with Gasteiger partial charge in [-0.25, -0.2) is 19.0 Å². The zero-order valence-electron chi connectivity index (χ0n) is 32.3. The molecule has 3 aliphatic rings. The van der Waals surface area contributed by atoms with Gasteiger partial charge in [0.2, 0.25) is 5.88 Å². The van der Waals surface area contributed by atoms with E-state index in [1.54, 1.807) is 20.8 Å². The number of benzene rings is 2. The van der Waals surface area contributed by atoms with Crippen LogP contribution in [0.3, 0.4) is 0 Å². The molecule has 0 aliphatic carbocycles. The lowest BCUT2D eigenvalue weighted by molar-refractivity contribution is -0.155. The van der Waals surface area contributed by atoms with Gasteiger partial charge in [0.15, 0.2) is 16.5 Å². The Morgan fingerprint density at radius 3 is 2.17 bits per heavy atom. The molecule has 2 aromatic heterocycles. The first-order valence-electron chi connectivity index (χ1n) is 18.4. The fraction of sp³-hybridized carbons (Fsp3) is 0.463. The summed E-state index contributed by atoms with van der Waals surface area (Å²) < 4.78 is 41.9. The summed E-state index contributed by atoms with van der Waals surface area (Å²) in [5.74, 6) is -0.751. The van der Waals surface area contributed by atoms with Crippen LogP contribution in [0.25, 0.3) is 10.8 Å². The molecule has 0 spiro atoms. The van der Waals surface area contributed by atoms with Gasteiger partial charge in [-0.3, -0.25) is 4.90 Å². The second-order valence-corrected chi connectivity index (χ2v) is 21.3. The van der Waals surface area contributed by atoms with Gasteiger partial charge in [0.05, 0.1) is 37.7 Å². The largest absolute Gasteiger partial charge is 0.472 e. The summed E-state index contributed by atoms with van der Waals surface area (Å²) in [6.07, 6.45) is -0.372. The SMILES string of the molecule is COC(=O)[C@@]12CC[C@@H]([C@H]3C(C)Oc4nc(Cl)c(F)c5c(CO[Si](c6ccccc6)(c6ccccc6)C(C)(C)C)c(C)nc(c45)N3C1)N2C(=O)OC(C)(C)C. The lowest BCUT2D eigenvalue weighted by atomic mass is 9.91. The zero-order valence-corrected chi connectivity index (χ0v) is 34.1. The predicted molar refractivity (Wildman–Crippen MR) is 209 cm³/mol. The van der Waals surface area contributed by atoms with Crippen LogP contribution < -0.4 is 20.0 Å². The molecule has 286 valence electrons. The Morgan fingerprint density at radius 2 is 1.61 bits per heavy atom. The molecule has 2 saturated heterocycles. The van der Waals surface area contributed by atoms with Crippen molar-refractivity contribution in [2.75, 3.05) is 18.6 Å². The number of rotatable bonds is 6. The van der Waals surface area contributed by atoms with Gasteiger partial charge in [0.25, 0.3) is 8.32 Å². The fourth-order valence-corrected chi connectivity index (χ4v) is 13.7. The highest BCUT2D eigenvalue weighted by Crippen LogP contribution is 2.51. The third kappa shape index (κ3) is 5.92. The number of aryl methyl sites for hydroxylation is 1. The third-order valence-electron chi connectivity index (χ3n) is 11.2. The van der Waals surface area contributed by atoms with Crippen molar-refractivity contribution in [3.8, 4) is 5.88 Å². The van der Waals surface area contributed by atoms with Crippen LogP contribution in [-0.4, -0.2) is 78.2 Å². The van der Waals surface area contributed by atoms with E-state index in [1.807, 2.05) is 55.1 Å². The summed E-state index contributed by atoms with van der Waals surface area (Å²) in [7, 11) is -1.74. The number of methoxy groups -OCH3 is 1.